The lowest BCUT2D eigenvalue weighted by Gasteiger charge is -2.32. The van der Waals surface area contributed by atoms with Crippen LogP contribution < -0.4 is 14.4 Å². The number of para-hydroxylation sites is 1. The van der Waals surface area contributed by atoms with Crippen LogP contribution in [-0.2, 0) is 32.6 Å². The van der Waals surface area contributed by atoms with E-state index in [1.54, 1.807) is 69.5 Å². The van der Waals surface area contributed by atoms with Crippen molar-refractivity contribution in [3.63, 3.8) is 0 Å². The molecule has 0 fully saturated rings. The zero-order valence-electron chi connectivity index (χ0n) is 23.2. The molecule has 1 unspecified atom stereocenters. The van der Waals surface area contributed by atoms with Crippen LogP contribution in [-0.4, -0.2) is 51.4 Å². The summed E-state index contributed by atoms with van der Waals surface area (Å²) in [6.07, 6.45) is 0.579. The molecule has 0 heterocycles. The van der Waals surface area contributed by atoms with Gasteiger partial charge in [0.05, 0.1) is 17.7 Å². The molecule has 0 radical (unpaired) electrons. The molecule has 3 aromatic carbocycles. The molecule has 0 spiro atoms. The molecule has 0 saturated heterocycles. The molecule has 2 amide bonds. The maximum absolute atomic E-state index is 14.0. The number of anilines is 1. The first-order valence-corrected chi connectivity index (χ1v) is 14.4. The van der Waals surface area contributed by atoms with E-state index in [2.05, 4.69) is 5.32 Å². The Morgan fingerprint density at radius 3 is 2.18 bits per heavy atom. The minimum Gasteiger partial charge on any atom is -0.497 e. The zero-order chi connectivity index (χ0) is 28.6. The van der Waals surface area contributed by atoms with Gasteiger partial charge in [-0.3, -0.25) is 13.9 Å². The number of likely N-dealkylation sites (N-methyl/N-ethyl adjacent to an activating group) is 1. The van der Waals surface area contributed by atoms with Crippen molar-refractivity contribution >= 4 is 27.5 Å². The highest BCUT2D eigenvalue weighted by molar-refractivity contribution is 7.92. The first-order chi connectivity index (χ1) is 18.6. The Bertz CT molecular complexity index is 1370. The molecule has 1 atom stereocenters. The second-order valence-electron chi connectivity index (χ2n) is 9.25. The predicted octanol–water partition coefficient (Wildman–Crippen LogP) is 4.31. The third-order valence-electron chi connectivity index (χ3n) is 6.56. The van der Waals surface area contributed by atoms with Crippen molar-refractivity contribution in [3.05, 3.63) is 89.5 Å². The number of methoxy groups -OCH3 is 1. The third kappa shape index (κ3) is 7.17. The number of nitrogens with one attached hydrogen (secondary N) is 1. The van der Waals surface area contributed by atoms with Crippen LogP contribution in [0, 0.1) is 6.92 Å². The topological polar surface area (TPSA) is 96.0 Å². The fourth-order valence-electron chi connectivity index (χ4n) is 4.24. The largest absolute Gasteiger partial charge is 0.497 e. The van der Waals surface area contributed by atoms with Crippen molar-refractivity contribution < 1.29 is 22.7 Å². The Morgan fingerprint density at radius 2 is 1.59 bits per heavy atom. The predicted molar refractivity (Wildman–Crippen MR) is 153 cm³/mol. The van der Waals surface area contributed by atoms with Crippen molar-refractivity contribution in [1.82, 2.24) is 10.2 Å². The van der Waals surface area contributed by atoms with Crippen molar-refractivity contribution in [2.75, 3.05) is 24.5 Å². The number of rotatable bonds is 12. The lowest BCUT2D eigenvalue weighted by atomic mass is 10.1. The summed E-state index contributed by atoms with van der Waals surface area (Å²) < 4.78 is 34.3. The quantitative estimate of drug-likeness (QED) is 0.362. The van der Waals surface area contributed by atoms with Crippen LogP contribution in [0.25, 0.3) is 0 Å². The Labute approximate surface area is 231 Å². The molecule has 0 saturated carbocycles. The maximum atomic E-state index is 14.0. The van der Waals surface area contributed by atoms with E-state index in [-0.39, 0.29) is 17.3 Å². The van der Waals surface area contributed by atoms with Crippen LogP contribution in [0.15, 0.2) is 77.7 Å². The lowest BCUT2D eigenvalue weighted by Crippen LogP contribution is -2.51. The number of carbonyl (C=O) groups excluding carboxylic acids is 2. The summed E-state index contributed by atoms with van der Waals surface area (Å²) in [6.45, 7) is 7.32. The van der Waals surface area contributed by atoms with Crippen LogP contribution in [0.4, 0.5) is 5.69 Å². The fourth-order valence-corrected chi connectivity index (χ4v) is 5.69. The first kappa shape index (κ1) is 29.7. The van der Waals surface area contributed by atoms with Gasteiger partial charge >= 0.3 is 0 Å². The van der Waals surface area contributed by atoms with E-state index in [1.165, 1.54) is 4.90 Å². The zero-order valence-corrected chi connectivity index (χ0v) is 24.0. The van der Waals surface area contributed by atoms with E-state index in [9.17, 15) is 18.0 Å². The third-order valence-corrected chi connectivity index (χ3v) is 8.33. The average Bonchev–Trinajstić information content (AvgIpc) is 2.94. The highest BCUT2D eigenvalue weighted by Crippen LogP contribution is 2.28. The van der Waals surface area contributed by atoms with Gasteiger partial charge < -0.3 is 15.0 Å². The van der Waals surface area contributed by atoms with Gasteiger partial charge in [0.1, 0.15) is 18.3 Å². The van der Waals surface area contributed by atoms with Gasteiger partial charge in [-0.2, -0.15) is 0 Å². The molecule has 0 aliphatic heterocycles. The van der Waals surface area contributed by atoms with Crippen molar-refractivity contribution in [2.24, 2.45) is 0 Å². The molecule has 0 aliphatic carbocycles. The molecule has 39 heavy (non-hydrogen) atoms. The number of nitrogens with zero attached hydrogens (tertiary/aromatic N) is 2. The van der Waals surface area contributed by atoms with Crippen LogP contribution in [0.1, 0.15) is 37.5 Å². The van der Waals surface area contributed by atoms with Gasteiger partial charge in [0.2, 0.25) is 11.8 Å². The monoisotopic (exact) mass is 551 g/mol. The van der Waals surface area contributed by atoms with Gasteiger partial charge in [0, 0.05) is 13.1 Å². The molecule has 0 bridgehead atoms. The molecule has 8 nitrogen and oxygen atoms in total. The average molecular weight is 552 g/mol. The van der Waals surface area contributed by atoms with Gasteiger partial charge in [-0.05, 0) is 68.7 Å². The molecule has 3 rings (SSSR count). The van der Waals surface area contributed by atoms with E-state index >= 15 is 0 Å². The number of hydrogen-bond acceptors (Lipinski definition) is 5. The van der Waals surface area contributed by atoms with Crippen LogP contribution in [0.3, 0.4) is 0 Å². The Morgan fingerprint density at radius 1 is 0.949 bits per heavy atom. The molecule has 0 aromatic heterocycles. The fraction of sp³-hybridized carbons (Fsp3) is 0.333. The number of benzene rings is 3. The molecule has 208 valence electrons. The molecule has 0 aliphatic rings. The summed E-state index contributed by atoms with van der Waals surface area (Å²) in [5, 5.41) is 2.76. The second kappa shape index (κ2) is 13.3. The summed E-state index contributed by atoms with van der Waals surface area (Å²) in [5.74, 6) is -0.146. The minimum atomic E-state index is -4.10. The van der Waals surface area contributed by atoms with Gasteiger partial charge in [0.15, 0.2) is 0 Å². The van der Waals surface area contributed by atoms with E-state index in [0.717, 1.165) is 21.0 Å². The van der Waals surface area contributed by atoms with E-state index in [1.807, 2.05) is 38.1 Å². The van der Waals surface area contributed by atoms with Crippen molar-refractivity contribution in [3.8, 4) is 5.75 Å². The standard InChI is InChI=1S/C30H37N3O5S/c1-6-25-10-8-9-11-28(25)33(39(36,37)27-18-12-22(3)13-19-27)21-29(34)32(23(4)30(35)31-7-2)20-24-14-16-26(38-5)17-15-24/h8-19,23H,6-7,20-21H2,1-5H3,(H,31,35). The summed E-state index contributed by atoms with van der Waals surface area (Å²) in [6, 6.07) is 20.1. The van der Waals surface area contributed by atoms with Gasteiger partial charge in [-0.15, -0.1) is 0 Å². The number of amides is 2. The number of hydrogen-bond donors (Lipinski definition) is 1. The molecular weight excluding hydrogens is 514 g/mol. The van der Waals surface area contributed by atoms with Crippen molar-refractivity contribution in [1.29, 1.82) is 0 Å². The van der Waals surface area contributed by atoms with Crippen LogP contribution >= 0.6 is 0 Å². The van der Waals surface area contributed by atoms with Gasteiger partial charge in [-0.25, -0.2) is 8.42 Å². The van der Waals surface area contributed by atoms with E-state index < -0.39 is 28.5 Å². The SMILES string of the molecule is CCNC(=O)C(C)N(Cc1ccc(OC)cc1)C(=O)CN(c1ccccc1CC)S(=O)(=O)c1ccc(C)cc1. The van der Waals surface area contributed by atoms with Crippen molar-refractivity contribution in [2.45, 2.75) is 51.6 Å². The number of ether oxygens (including phenoxy) is 1. The van der Waals surface area contributed by atoms with Crippen LogP contribution in [0.5, 0.6) is 5.75 Å². The van der Waals surface area contributed by atoms with Crippen LogP contribution in [0.2, 0.25) is 0 Å². The summed E-state index contributed by atoms with van der Waals surface area (Å²) in [7, 11) is -2.53. The molecule has 9 heteroatoms. The number of sulfonamides is 1. The highest BCUT2D eigenvalue weighted by atomic mass is 32.2. The smallest absolute Gasteiger partial charge is 0.264 e. The molecule has 3 aromatic rings. The summed E-state index contributed by atoms with van der Waals surface area (Å²) in [4.78, 5) is 28.3. The van der Waals surface area contributed by atoms with E-state index in [0.29, 0.717) is 24.4 Å². The highest BCUT2D eigenvalue weighted by Gasteiger charge is 2.33. The summed E-state index contributed by atoms with van der Waals surface area (Å²) >= 11 is 0. The molecule has 1 N–H and O–H groups in total. The number of carbonyl (C=O) groups is 2. The van der Waals surface area contributed by atoms with Gasteiger partial charge in [0.25, 0.3) is 10.0 Å². The summed E-state index contributed by atoms with van der Waals surface area (Å²) in [5.41, 5.74) is 2.93. The van der Waals surface area contributed by atoms with E-state index in [4.69, 9.17) is 4.74 Å². The normalized spacial score (nSPS) is 11.9. The lowest BCUT2D eigenvalue weighted by molar-refractivity contribution is -0.139. The molecular formula is C30H37N3O5S. The Kier molecular flexibility index (Phi) is 10.1. The first-order valence-electron chi connectivity index (χ1n) is 13.0. The number of aryl methyl sites for hydroxylation is 2. The second-order valence-corrected chi connectivity index (χ2v) is 11.1. The van der Waals surface area contributed by atoms with Gasteiger partial charge in [-0.1, -0.05) is 55.0 Å². The minimum absolute atomic E-state index is 0.0882. The Hall–Kier alpha value is -3.85. The Balaban J connectivity index is 2.05. The maximum Gasteiger partial charge on any atom is 0.264 e.